The van der Waals surface area contributed by atoms with Crippen LogP contribution in [0.25, 0.3) is 0 Å². The Kier molecular flexibility index (Phi) is 5.68. The minimum atomic E-state index is 0.102. The minimum absolute atomic E-state index is 0.102. The van der Waals surface area contributed by atoms with E-state index in [0.717, 1.165) is 31.5 Å². The molecule has 1 heterocycles. The van der Waals surface area contributed by atoms with Gasteiger partial charge in [-0.25, -0.2) is 0 Å². The predicted octanol–water partition coefficient (Wildman–Crippen LogP) is 2.15. The molecule has 2 rings (SSSR count). The smallest absolute Gasteiger partial charge is 0.220 e. The zero-order chi connectivity index (χ0) is 14.4. The molecule has 0 spiro atoms. The van der Waals surface area contributed by atoms with Crippen LogP contribution in [0.15, 0.2) is 18.2 Å². The van der Waals surface area contributed by atoms with Gasteiger partial charge < -0.3 is 15.4 Å². The number of carbonyl (C=O) groups excluding carboxylic acids is 1. The van der Waals surface area contributed by atoms with Crippen molar-refractivity contribution in [3.05, 3.63) is 28.8 Å². The van der Waals surface area contributed by atoms with Crippen molar-refractivity contribution in [2.45, 2.75) is 31.7 Å². The van der Waals surface area contributed by atoms with E-state index in [0.29, 0.717) is 23.6 Å². The van der Waals surface area contributed by atoms with E-state index in [1.54, 1.807) is 7.11 Å². The van der Waals surface area contributed by atoms with Gasteiger partial charge in [-0.3, -0.25) is 4.79 Å². The van der Waals surface area contributed by atoms with Crippen molar-refractivity contribution < 1.29 is 9.53 Å². The molecule has 1 aliphatic rings. The summed E-state index contributed by atoms with van der Waals surface area (Å²) in [6, 6.07) is 5.91. The van der Waals surface area contributed by atoms with Gasteiger partial charge in [0.25, 0.3) is 0 Å². The molecule has 1 amide bonds. The van der Waals surface area contributed by atoms with Crippen molar-refractivity contribution in [3.63, 3.8) is 0 Å². The molecule has 1 saturated heterocycles. The largest absolute Gasteiger partial charge is 0.495 e. The monoisotopic (exact) mass is 296 g/mol. The molecular weight excluding hydrogens is 276 g/mol. The molecule has 0 radical (unpaired) electrons. The topological polar surface area (TPSA) is 50.4 Å². The first-order valence-corrected chi connectivity index (χ1v) is 7.39. The normalized spacial score (nSPS) is 18.6. The Labute approximate surface area is 124 Å². The van der Waals surface area contributed by atoms with E-state index in [9.17, 15) is 4.79 Å². The van der Waals surface area contributed by atoms with Gasteiger partial charge in [0.1, 0.15) is 5.75 Å². The molecule has 1 aliphatic heterocycles. The third-order valence-corrected chi connectivity index (χ3v) is 3.81. The first-order chi connectivity index (χ1) is 9.69. The van der Waals surface area contributed by atoms with E-state index in [-0.39, 0.29) is 11.9 Å². The molecule has 1 atom stereocenters. The lowest BCUT2D eigenvalue weighted by atomic mass is 10.1. The summed E-state index contributed by atoms with van der Waals surface area (Å²) in [6.45, 7) is 1.93. The molecule has 0 unspecified atom stereocenters. The fourth-order valence-corrected chi connectivity index (χ4v) is 2.68. The van der Waals surface area contributed by atoms with Gasteiger partial charge in [0.05, 0.1) is 12.1 Å². The average molecular weight is 297 g/mol. The van der Waals surface area contributed by atoms with Gasteiger partial charge in [-0.1, -0.05) is 17.7 Å². The van der Waals surface area contributed by atoms with Crippen molar-refractivity contribution in [2.75, 3.05) is 20.2 Å². The number of methoxy groups -OCH3 is 1. The second kappa shape index (κ2) is 7.50. The Morgan fingerprint density at radius 2 is 2.40 bits per heavy atom. The quantitative estimate of drug-likeness (QED) is 0.875. The molecule has 2 N–H and O–H groups in total. The maximum Gasteiger partial charge on any atom is 0.220 e. The van der Waals surface area contributed by atoms with Crippen LogP contribution < -0.4 is 15.4 Å². The number of aryl methyl sites for hydroxylation is 1. The number of halogens is 1. The van der Waals surface area contributed by atoms with Gasteiger partial charge in [-0.2, -0.15) is 0 Å². The first-order valence-electron chi connectivity index (χ1n) is 7.01. The summed E-state index contributed by atoms with van der Waals surface area (Å²) < 4.78 is 5.11. The third kappa shape index (κ3) is 4.39. The number of benzene rings is 1. The SMILES string of the molecule is COc1ccc(CCC(=O)N[C@H]2CCCNC2)cc1Cl. The van der Waals surface area contributed by atoms with E-state index >= 15 is 0 Å². The highest BCUT2D eigenvalue weighted by atomic mass is 35.5. The van der Waals surface area contributed by atoms with Gasteiger partial charge in [0.15, 0.2) is 0 Å². The van der Waals surface area contributed by atoms with E-state index in [2.05, 4.69) is 10.6 Å². The summed E-state index contributed by atoms with van der Waals surface area (Å²) in [5.74, 6) is 0.763. The van der Waals surface area contributed by atoms with Crippen LogP contribution in [0.3, 0.4) is 0 Å². The highest BCUT2D eigenvalue weighted by molar-refractivity contribution is 6.32. The zero-order valence-electron chi connectivity index (χ0n) is 11.7. The molecule has 1 aromatic carbocycles. The molecule has 5 heteroatoms. The van der Waals surface area contributed by atoms with E-state index in [1.165, 1.54) is 0 Å². The van der Waals surface area contributed by atoms with E-state index < -0.39 is 0 Å². The Hall–Kier alpha value is -1.26. The third-order valence-electron chi connectivity index (χ3n) is 3.52. The Morgan fingerprint density at radius 1 is 1.55 bits per heavy atom. The minimum Gasteiger partial charge on any atom is -0.495 e. The highest BCUT2D eigenvalue weighted by Crippen LogP contribution is 2.25. The van der Waals surface area contributed by atoms with Crippen LogP contribution in [0.4, 0.5) is 0 Å². The molecule has 0 saturated carbocycles. The number of amides is 1. The van der Waals surface area contributed by atoms with Crippen LogP contribution >= 0.6 is 11.6 Å². The van der Waals surface area contributed by atoms with Crippen LogP contribution in [0.2, 0.25) is 5.02 Å². The first kappa shape index (κ1) is 15.1. The Morgan fingerprint density at radius 3 is 3.05 bits per heavy atom. The summed E-state index contributed by atoms with van der Waals surface area (Å²) in [4.78, 5) is 11.9. The molecule has 0 aromatic heterocycles. The van der Waals surface area contributed by atoms with E-state index in [4.69, 9.17) is 16.3 Å². The number of piperidine rings is 1. The Bertz CT molecular complexity index is 459. The lowest BCUT2D eigenvalue weighted by Crippen LogP contribution is -2.45. The lowest BCUT2D eigenvalue weighted by molar-refractivity contribution is -0.121. The van der Waals surface area contributed by atoms with Gasteiger partial charge in [0, 0.05) is 19.0 Å². The summed E-state index contributed by atoms with van der Waals surface area (Å²) >= 11 is 6.07. The molecule has 20 heavy (non-hydrogen) atoms. The van der Waals surface area contributed by atoms with Crippen molar-refractivity contribution in [1.82, 2.24) is 10.6 Å². The summed E-state index contributed by atoms with van der Waals surface area (Å²) in [5, 5.41) is 6.94. The number of nitrogens with one attached hydrogen (secondary N) is 2. The number of ether oxygens (including phenoxy) is 1. The fourth-order valence-electron chi connectivity index (χ4n) is 2.40. The maximum absolute atomic E-state index is 11.9. The van der Waals surface area contributed by atoms with Crippen molar-refractivity contribution in [2.24, 2.45) is 0 Å². The highest BCUT2D eigenvalue weighted by Gasteiger charge is 2.15. The summed E-state index contributed by atoms with van der Waals surface area (Å²) in [7, 11) is 1.59. The van der Waals surface area contributed by atoms with Crippen molar-refractivity contribution in [3.8, 4) is 5.75 Å². The second-order valence-electron chi connectivity index (χ2n) is 5.08. The van der Waals surface area contributed by atoms with Crippen molar-refractivity contribution >= 4 is 17.5 Å². The standard InChI is InChI=1S/C15H21ClN2O2/c1-20-14-6-4-11(9-13(14)16)5-7-15(19)18-12-3-2-8-17-10-12/h4,6,9,12,17H,2-3,5,7-8,10H2,1H3,(H,18,19)/t12-/m0/s1. The number of hydrogen-bond donors (Lipinski definition) is 2. The number of rotatable bonds is 5. The van der Waals surface area contributed by atoms with Crippen molar-refractivity contribution in [1.29, 1.82) is 0 Å². The molecule has 0 bridgehead atoms. The Balaban J connectivity index is 1.79. The van der Waals surface area contributed by atoms with Crippen LogP contribution in [0.5, 0.6) is 5.75 Å². The molecule has 4 nitrogen and oxygen atoms in total. The molecular formula is C15H21ClN2O2. The lowest BCUT2D eigenvalue weighted by Gasteiger charge is -2.23. The molecule has 0 aliphatic carbocycles. The van der Waals surface area contributed by atoms with E-state index in [1.807, 2.05) is 18.2 Å². The average Bonchev–Trinajstić information content (AvgIpc) is 2.46. The molecule has 1 aromatic rings. The summed E-state index contributed by atoms with van der Waals surface area (Å²) in [5.41, 5.74) is 1.05. The number of carbonyl (C=O) groups is 1. The molecule has 110 valence electrons. The zero-order valence-corrected chi connectivity index (χ0v) is 12.5. The van der Waals surface area contributed by atoms with Gasteiger partial charge in [-0.05, 0) is 43.5 Å². The van der Waals surface area contributed by atoms with Crippen LogP contribution in [0.1, 0.15) is 24.8 Å². The van der Waals surface area contributed by atoms with Gasteiger partial charge >= 0.3 is 0 Å². The fraction of sp³-hybridized carbons (Fsp3) is 0.533. The van der Waals surface area contributed by atoms with Crippen LogP contribution in [0, 0.1) is 0 Å². The van der Waals surface area contributed by atoms with Crippen LogP contribution in [-0.4, -0.2) is 32.1 Å². The molecule has 1 fully saturated rings. The van der Waals surface area contributed by atoms with Crippen LogP contribution in [-0.2, 0) is 11.2 Å². The predicted molar refractivity (Wildman–Crippen MR) is 80.4 cm³/mol. The number of hydrogen-bond acceptors (Lipinski definition) is 3. The van der Waals surface area contributed by atoms with Gasteiger partial charge in [-0.15, -0.1) is 0 Å². The maximum atomic E-state index is 11.9. The summed E-state index contributed by atoms with van der Waals surface area (Å²) in [6.07, 6.45) is 3.36. The second-order valence-corrected chi connectivity index (χ2v) is 5.49. The van der Waals surface area contributed by atoms with Gasteiger partial charge in [0.2, 0.25) is 5.91 Å².